The first-order chi connectivity index (χ1) is 12.0. The molecular formula is C17H10Cl2N2O2S2. The molecule has 0 aliphatic carbocycles. The van der Waals surface area contributed by atoms with Gasteiger partial charge in [-0.25, -0.2) is 0 Å². The van der Waals surface area contributed by atoms with Crippen LogP contribution in [0.4, 0.5) is 0 Å². The van der Waals surface area contributed by atoms with Crippen LogP contribution in [-0.4, -0.2) is 26.6 Å². The summed E-state index contributed by atoms with van der Waals surface area (Å²) in [6.45, 7) is 0. The Morgan fingerprint density at radius 3 is 2.48 bits per heavy atom. The Balaban J connectivity index is 1.87. The second-order valence-electron chi connectivity index (χ2n) is 4.93. The summed E-state index contributed by atoms with van der Waals surface area (Å²) in [6.07, 6.45) is 2.98. The van der Waals surface area contributed by atoms with Crippen LogP contribution in [0.5, 0.6) is 5.75 Å². The summed E-state index contributed by atoms with van der Waals surface area (Å²) in [5.74, 6) is -0.295. The third-order valence-electron chi connectivity index (χ3n) is 3.30. The number of amides is 1. The van der Waals surface area contributed by atoms with E-state index in [4.69, 9.17) is 35.4 Å². The topological polar surface area (TPSA) is 52.9 Å². The maximum absolute atomic E-state index is 12.5. The summed E-state index contributed by atoms with van der Waals surface area (Å²) in [5.41, 5.74) is 1.03. The van der Waals surface area contributed by atoms with E-state index in [-0.39, 0.29) is 16.0 Å². The van der Waals surface area contributed by atoms with Gasteiger partial charge < -0.3 is 5.11 Å². The number of rotatable bonds is 3. The van der Waals surface area contributed by atoms with Crippen LogP contribution in [0.3, 0.4) is 0 Å². The minimum Gasteiger partial charge on any atom is -0.507 e. The molecule has 0 saturated carbocycles. The van der Waals surface area contributed by atoms with E-state index in [1.165, 1.54) is 6.21 Å². The van der Waals surface area contributed by atoms with Crippen molar-refractivity contribution in [3.63, 3.8) is 0 Å². The quantitative estimate of drug-likeness (QED) is 0.444. The van der Waals surface area contributed by atoms with Crippen molar-refractivity contribution in [3.8, 4) is 5.75 Å². The van der Waals surface area contributed by atoms with Crippen molar-refractivity contribution in [1.82, 2.24) is 5.01 Å². The Bertz CT molecular complexity index is 908. The molecule has 4 nitrogen and oxygen atoms in total. The summed E-state index contributed by atoms with van der Waals surface area (Å²) >= 11 is 18.5. The molecule has 8 heteroatoms. The molecule has 25 heavy (non-hydrogen) atoms. The summed E-state index contributed by atoms with van der Waals surface area (Å²) in [7, 11) is 0. The maximum Gasteiger partial charge on any atom is 0.286 e. The van der Waals surface area contributed by atoms with Gasteiger partial charge in [0.25, 0.3) is 5.91 Å². The second-order valence-corrected chi connectivity index (χ2v) is 7.42. The van der Waals surface area contributed by atoms with E-state index in [1.807, 2.05) is 0 Å². The van der Waals surface area contributed by atoms with Gasteiger partial charge in [-0.05, 0) is 36.5 Å². The Labute approximate surface area is 163 Å². The lowest BCUT2D eigenvalue weighted by Crippen LogP contribution is -2.22. The molecule has 0 radical (unpaired) electrons. The number of carbonyl (C=O) groups excluding carboxylic acids is 1. The number of benzene rings is 2. The first kappa shape index (κ1) is 17.9. The van der Waals surface area contributed by atoms with Crippen LogP contribution in [0.1, 0.15) is 11.1 Å². The molecule has 1 fully saturated rings. The number of halogens is 2. The van der Waals surface area contributed by atoms with E-state index in [0.29, 0.717) is 26.1 Å². The van der Waals surface area contributed by atoms with E-state index in [9.17, 15) is 9.90 Å². The predicted molar refractivity (Wildman–Crippen MR) is 107 cm³/mol. The fraction of sp³-hybridized carbons (Fsp3) is 0. The van der Waals surface area contributed by atoms with Crippen molar-refractivity contribution in [2.24, 2.45) is 5.10 Å². The number of thiocarbonyl (C=S) groups is 1. The monoisotopic (exact) mass is 408 g/mol. The van der Waals surface area contributed by atoms with Crippen LogP contribution in [0.2, 0.25) is 10.0 Å². The van der Waals surface area contributed by atoms with Crippen LogP contribution in [0, 0.1) is 0 Å². The van der Waals surface area contributed by atoms with Gasteiger partial charge in [0, 0.05) is 11.1 Å². The standard InChI is InChI=1S/C17H10Cl2N2O2S2/c18-12-5-3-6-13(19)11(12)9-20-21-16(23)15(25-17(21)24)8-10-4-1-2-7-14(10)22/h1-9,22H/b15-8+,20-9+. The van der Waals surface area contributed by atoms with Gasteiger partial charge in [0.05, 0.1) is 21.2 Å². The van der Waals surface area contributed by atoms with Crippen molar-refractivity contribution < 1.29 is 9.90 Å². The molecule has 1 N–H and O–H groups in total. The van der Waals surface area contributed by atoms with Gasteiger partial charge in [0.1, 0.15) is 5.75 Å². The molecule has 2 aromatic rings. The molecule has 1 aliphatic rings. The Morgan fingerprint density at radius 2 is 1.80 bits per heavy atom. The normalized spacial score (nSPS) is 16.4. The number of carbonyl (C=O) groups is 1. The van der Waals surface area contributed by atoms with Crippen molar-refractivity contribution >= 4 is 69.7 Å². The Morgan fingerprint density at radius 1 is 1.12 bits per heavy atom. The van der Waals surface area contributed by atoms with E-state index in [2.05, 4.69) is 5.10 Å². The average molecular weight is 409 g/mol. The molecule has 3 rings (SSSR count). The molecule has 1 saturated heterocycles. The van der Waals surface area contributed by atoms with Crippen LogP contribution in [0.25, 0.3) is 6.08 Å². The number of nitrogens with zero attached hydrogens (tertiary/aromatic N) is 2. The molecule has 126 valence electrons. The van der Waals surface area contributed by atoms with Gasteiger partial charge in [-0.3, -0.25) is 4.79 Å². The van der Waals surface area contributed by atoms with Gasteiger partial charge in [-0.1, -0.05) is 59.2 Å². The number of phenolic OH excluding ortho intramolecular Hbond substituents is 1. The van der Waals surface area contributed by atoms with Crippen LogP contribution < -0.4 is 0 Å². The molecular weight excluding hydrogens is 399 g/mol. The van der Waals surface area contributed by atoms with Gasteiger partial charge in [-0.2, -0.15) is 10.1 Å². The molecule has 0 atom stereocenters. The summed E-state index contributed by atoms with van der Waals surface area (Å²) < 4.78 is 0.283. The van der Waals surface area contributed by atoms with E-state index < -0.39 is 0 Å². The first-order valence-electron chi connectivity index (χ1n) is 7.01. The lowest BCUT2D eigenvalue weighted by molar-refractivity contribution is -0.122. The van der Waals surface area contributed by atoms with Gasteiger partial charge in [0.15, 0.2) is 4.32 Å². The zero-order valence-electron chi connectivity index (χ0n) is 12.5. The SMILES string of the molecule is O=C1/C(=C\c2ccccc2O)SC(=S)N1/N=C/c1c(Cl)cccc1Cl. The smallest absolute Gasteiger partial charge is 0.286 e. The minimum atomic E-state index is -0.377. The fourth-order valence-corrected chi connectivity index (χ4v) is 3.72. The number of hydrogen-bond donors (Lipinski definition) is 1. The highest BCUT2D eigenvalue weighted by atomic mass is 35.5. The number of aromatic hydroxyl groups is 1. The highest BCUT2D eigenvalue weighted by Gasteiger charge is 2.32. The molecule has 2 aromatic carbocycles. The summed E-state index contributed by atoms with van der Waals surface area (Å²) in [4.78, 5) is 12.9. The number of hydrazone groups is 1. The van der Waals surface area contributed by atoms with Crippen LogP contribution in [0.15, 0.2) is 52.5 Å². The third-order valence-corrected chi connectivity index (χ3v) is 5.24. The highest BCUT2D eigenvalue weighted by molar-refractivity contribution is 8.26. The van der Waals surface area contributed by atoms with E-state index in [1.54, 1.807) is 48.5 Å². The molecule has 0 bridgehead atoms. The minimum absolute atomic E-state index is 0.0825. The van der Waals surface area contributed by atoms with Crippen LogP contribution in [-0.2, 0) is 4.79 Å². The molecule has 0 unspecified atom stereocenters. The number of thioether (sulfide) groups is 1. The molecule has 1 heterocycles. The Hall–Kier alpha value is -1.86. The molecule has 0 spiro atoms. The lowest BCUT2D eigenvalue weighted by Gasteiger charge is -2.07. The second kappa shape index (κ2) is 7.58. The van der Waals surface area contributed by atoms with Gasteiger partial charge in [-0.15, -0.1) is 0 Å². The van der Waals surface area contributed by atoms with Crippen molar-refractivity contribution in [3.05, 3.63) is 68.5 Å². The number of hydrogen-bond acceptors (Lipinski definition) is 5. The maximum atomic E-state index is 12.5. The third kappa shape index (κ3) is 3.88. The Kier molecular flexibility index (Phi) is 5.44. The van der Waals surface area contributed by atoms with Crippen molar-refractivity contribution in [2.75, 3.05) is 0 Å². The van der Waals surface area contributed by atoms with Gasteiger partial charge in [0.2, 0.25) is 0 Å². The molecule has 1 amide bonds. The number of phenols is 1. The van der Waals surface area contributed by atoms with Crippen molar-refractivity contribution in [2.45, 2.75) is 0 Å². The lowest BCUT2D eigenvalue weighted by atomic mass is 10.2. The van der Waals surface area contributed by atoms with E-state index in [0.717, 1.165) is 16.8 Å². The highest BCUT2D eigenvalue weighted by Crippen LogP contribution is 2.34. The first-order valence-corrected chi connectivity index (χ1v) is 8.99. The zero-order chi connectivity index (χ0) is 18.0. The fourth-order valence-electron chi connectivity index (χ4n) is 2.06. The zero-order valence-corrected chi connectivity index (χ0v) is 15.7. The molecule has 0 aromatic heterocycles. The number of para-hydroxylation sites is 1. The van der Waals surface area contributed by atoms with Crippen LogP contribution >= 0.6 is 47.2 Å². The summed E-state index contributed by atoms with van der Waals surface area (Å²) in [5, 5.41) is 15.9. The largest absolute Gasteiger partial charge is 0.507 e. The van der Waals surface area contributed by atoms with Gasteiger partial charge >= 0.3 is 0 Å². The van der Waals surface area contributed by atoms with Crippen molar-refractivity contribution in [1.29, 1.82) is 0 Å². The average Bonchev–Trinajstić information content (AvgIpc) is 2.83. The predicted octanol–water partition coefficient (Wildman–Crippen LogP) is 4.93. The molecule has 1 aliphatic heterocycles. The summed E-state index contributed by atoms with van der Waals surface area (Å²) in [6, 6.07) is 11.8. The van der Waals surface area contributed by atoms with E-state index >= 15 is 0 Å².